The number of carboxylic acids is 1. The molecule has 2 rings (SSSR count). The fourth-order valence-electron chi connectivity index (χ4n) is 2.13. The SMILES string of the molecule is CC(CCc1ccccc1)Nc1ccc(C(=O)O)cc1Br. The second-order valence-electron chi connectivity index (χ2n) is 5.07. The molecule has 0 saturated carbocycles. The Kier molecular flexibility index (Phi) is 5.39. The highest BCUT2D eigenvalue weighted by molar-refractivity contribution is 9.10. The largest absolute Gasteiger partial charge is 0.478 e. The van der Waals surface area contributed by atoms with Gasteiger partial charge in [0.05, 0.1) is 5.56 Å². The van der Waals surface area contributed by atoms with Gasteiger partial charge in [-0.05, 0) is 59.5 Å². The zero-order chi connectivity index (χ0) is 15.2. The molecular formula is C17H18BrNO2. The predicted molar refractivity (Wildman–Crippen MR) is 88.9 cm³/mol. The van der Waals surface area contributed by atoms with Crippen molar-refractivity contribution in [1.82, 2.24) is 0 Å². The fourth-order valence-corrected chi connectivity index (χ4v) is 2.62. The van der Waals surface area contributed by atoms with Gasteiger partial charge in [-0.3, -0.25) is 0 Å². The predicted octanol–water partition coefficient (Wildman–Crippen LogP) is 4.58. The Bertz CT molecular complexity index is 613. The molecule has 0 saturated heterocycles. The summed E-state index contributed by atoms with van der Waals surface area (Å²) in [6.45, 7) is 2.13. The Hall–Kier alpha value is -1.81. The number of hydrogen-bond acceptors (Lipinski definition) is 2. The summed E-state index contributed by atoms with van der Waals surface area (Å²) in [5.74, 6) is -0.917. The number of benzene rings is 2. The number of aromatic carboxylic acids is 1. The van der Waals surface area contributed by atoms with Crippen molar-refractivity contribution in [3.05, 3.63) is 64.1 Å². The molecule has 0 aliphatic carbocycles. The zero-order valence-electron chi connectivity index (χ0n) is 11.8. The van der Waals surface area contributed by atoms with Gasteiger partial charge in [-0.2, -0.15) is 0 Å². The van der Waals surface area contributed by atoms with Gasteiger partial charge >= 0.3 is 5.97 Å². The molecule has 2 aromatic rings. The van der Waals surface area contributed by atoms with Gasteiger partial charge in [0.25, 0.3) is 0 Å². The van der Waals surface area contributed by atoms with Gasteiger partial charge < -0.3 is 10.4 Å². The van der Waals surface area contributed by atoms with Crippen molar-refractivity contribution in [1.29, 1.82) is 0 Å². The summed E-state index contributed by atoms with van der Waals surface area (Å²) in [6, 6.07) is 15.7. The van der Waals surface area contributed by atoms with E-state index in [1.807, 2.05) is 6.07 Å². The van der Waals surface area contributed by atoms with E-state index < -0.39 is 5.97 Å². The first-order valence-corrected chi connectivity index (χ1v) is 7.69. The highest BCUT2D eigenvalue weighted by atomic mass is 79.9. The molecule has 0 aliphatic heterocycles. The molecule has 2 N–H and O–H groups in total. The highest BCUT2D eigenvalue weighted by Crippen LogP contribution is 2.25. The molecule has 0 fully saturated rings. The van der Waals surface area contributed by atoms with E-state index in [9.17, 15) is 4.79 Å². The number of aryl methyl sites for hydroxylation is 1. The maximum atomic E-state index is 10.9. The van der Waals surface area contributed by atoms with Crippen LogP contribution in [0.2, 0.25) is 0 Å². The Balaban J connectivity index is 1.93. The quantitative estimate of drug-likeness (QED) is 0.803. The number of rotatable bonds is 6. The van der Waals surface area contributed by atoms with Gasteiger partial charge in [-0.15, -0.1) is 0 Å². The second-order valence-corrected chi connectivity index (χ2v) is 5.92. The van der Waals surface area contributed by atoms with Crippen LogP contribution in [-0.2, 0) is 6.42 Å². The standard InChI is InChI=1S/C17H18BrNO2/c1-12(7-8-13-5-3-2-4-6-13)19-16-10-9-14(17(20)21)11-15(16)18/h2-6,9-12,19H,7-8H2,1H3,(H,20,21). The number of carboxylic acid groups (broad SMARTS) is 1. The Morgan fingerprint density at radius 2 is 1.95 bits per heavy atom. The van der Waals surface area contributed by atoms with E-state index in [0.717, 1.165) is 23.0 Å². The lowest BCUT2D eigenvalue weighted by molar-refractivity contribution is 0.0697. The summed E-state index contributed by atoms with van der Waals surface area (Å²) in [5, 5.41) is 12.4. The molecule has 0 aliphatic rings. The minimum atomic E-state index is -0.917. The molecule has 0 radical (unpaired) electrons. The van der Waals surface area contributed by atoms with E-state index in [4.69, 9.17) is 5.11 Å². The highest BCUT2D eigenvalue weighted by Gasteiger charge is 2.09. The van der Waals surface area contributed by atoms with Crippen LogP contribution in [0.3, 0.4) is 0 Å². The van der Waals surface area contributed by atoms with Crippen molar-refractivity contribution in [2.75, 3.05) is 5.32 Å². The van der Waals surface area contributed by atoms with Crippen LogP contribution in [0.25, 0.3) is 0 Å². The number of carbonyl (C=O) groups is 1. The van der Waals surface area contributed by atoms with Crippen LogP contribution in [0.15, 0.2) is 53.0 Å². The van der Waals surface area contributed by atoms with Crippen molar-refractivity contribution in [3.63, 3.8) is 0 Å². The third kappa shape index (κ3) is 4.60. The van der Waals surface area contributed by atoms with E-state index in [0.29, 0.717) is 6.04 Å². The molecule has 2 aromatic carbocycles. The van der Waals surface area contributed by atoms with Crippen LogP contribution in [0.1, 0.15) is 29.3 Å². The lowest BCUT2D eigenvalue weighted by Crippen LogP contribution is -2.16. The van der Waals surface area contributed by atoms with Gasteiger partial charge in [0.2, 0.25) is 0 Å². The number of nitrogens with one attached hydrogen (secondary N) is 1. The first-order valence-electron chi connectivity index (χ1n) is 6.89. The average molecular weight is 348 g/mol. The van der Waals surface area contributed by atoms with Gasteiger partial charge in [0.1, 0.15) is 0 Å². The topological polar surface area (TPSA) is 49.3 Å². The summed E-state index contributed by atoms with van der Waals surface area (Å²) in [4.78, 5) is 10.9. The van der Waals surface area contributed by atoms with Gasteiger partial charge in [0, 0.05) is 16.2 Å². The minimum absolute atomic E-state index is 0.282. The minimum Gasteiger partial charge on any atom is -0.478 e. The Morgan fingerprint density at radius 1 is 1.24 bits per heavy atom. The maximum Gasteiger partial charge on any atom is 0.335 e. The van der Waals surface area contributed by atoms with Crippen LogP contribution in [0.4, 0.5) is 5.69 Å². The maximum absolute atomic E-state index is 10.9. The summed E-state index contributed by atoms with van der Waals surface area (Å²) < 4.78 is 0.772. The molecule has 3 nitrogen and oxygen atoms in total. The van der Waals surface area contributed by atoms with E-state index in [1.54, 1.807) is 18.2 Å². The van der Waals surface area contributed by atoms with Crippen LogP contribution >= 0.6 is 15.9 Å². The molecular weight excluding hydrogens is 330 g/mol. The monoisotopic (exact) mass is 347 g/mol. The van der Waals surface area contributed by atoms with Crippen molar-refractivity contribution in [2.45, 2.75) is 25.8 Å². The summed E-state index contributed by atoms with van der Waals surface area (Å²) in [5.41, 5.74) is 2.52. The summed E-state index contributed by atoms with van der Waals surface area (Å²) in [6.07, 6.45) is 2.02. The van der Waals surface area contributed by atoms with Crippen molar-refractivity contribution < 1.29 is 9.90 Å². The van der Waals surface area contributed by atoms with Crippen molar-refractivity contribution in [3.8, 4) is 0 Å². The number of hydrogen-bond donors (Lipinski definition) is 2. The molecule has 0 spiro atoms. The number of halogens is 1. The molecule has 0 aromatic heterocycles. The first-order chi connectivity index (χ1) is 10.1. The molecule has 4 heteroatoms. The van der Waals surface area contributed by atoms with E-state index in [-0.39, 0.29) is 5.56 Å². The first kappa shape index (κ1) is 15.6. The van der Waals surface area contributed by atoms with E-state index >= 15 is 0 Å². The molecule has 1 atom stereocenters. The summed E-state index contributed by atoms with van der Waals surface area (Å²) in [7, 11) is 0. The van der Waals surface area contributed by atoms with Crippen LogP contribution in [0.5, 0.6) is 0 Å². The Labute approximate surface area is 133 Å². The van der Waals surface area contributed by atoms with Crippen LogP contribution in [-0.4, -0.2) is 17.1 Å². The molecule has 21 heavy (non-hydrogen) atoms. The van der Waals surface area contributed by atoms with Gasteiger partial charge in [-0.25, -0.2) is 4.79 Å². The second kappa shape index (κ2) is 7.27. The van der Waals surface area contributed by atoms with E-state index in [1.165, 1.54) is 5.56 Å². The normalized spacial score (nSPS) is 11.9. The zero-order valence-corrected chi connectivity index (χ0v) is 13.4. The van der Waals surface area contributed by atoms with Crippen LogP contribution < -0.4 is 5.32 Å². The summed E-state index contributed by atoms with van der Waals surface area (Å²) >= 11 is 3.41. The smallest absolute Gasteiger partial charge is 0.335 e. The third-order valence-electron chi connectivity index (χ3n) is 3.33. The molecule has 0 bridgehead atoms. The van der Waals surface area contributed by atoms with Gasteiger partial charge in [0.15, 0.2) is 0 Å². The fraction of sp³-hybridized carbons (Fsp3) is 0.235. The lowest BCUT2D eigenvalue weighted by Gasteiger charge is -2.16. The molecule has 110 valence electrons. The number of anilines is 1. The average Bonchev–Trinajstić information content (AvgIpc) is 2.48. The van der Waals surface area contributed by atoms with Crippen LogP contribution in [0, 0.1) is 0 Å². The molecule has 1 unspecified atom stereocenters. The van der Waals surface area contributed by atoms with Gasteiger partial charge in [-0.1, -0.05) is 30.3 Å². The van der Waals surface area contributed by atoms with Crippen molar-refractivity contribution >= 4 is 27.6 Å². The Morgan fingerprint density at radius 3 is 2.57 bits per heavy atom. The molecule has 0 heterocycles. The third-order valence-corrected chi connectivity index (χ3v) is 3.98. The van der Waals surface area contributed by atoms with E-state index in [2.05, 4.69) is 52.4 Å². The van der Waals surface area contributed by atoms with Crippen molar-refractivity contribution in [2.24, 2.45) is 0 Å². The molecule has 0 amide bonds. The lowest BCUT2D eigenvalue weighted by atomic mass is 10.1.